The second-order valence-corrected chi connectivity index (χ2v) is 5.80. The van der Waals surface area contributed by atoms with Crippen molar-refractivity contribution in [2.45, 2.75) is 13.8 Å². The van der Waals surface area contributed by atoms with Crippen LogP contribution in [0.5, 0.6) is 0 Å². The summed E-state index contributed by atoms with van der Waals surface area (Å²) in [7, 11) is 0. The summed E-state index contributed by atoms with van der Waals surface area (Å²) in [6.07, 6.45) is 0. The lowest BCUT2D eigenvalue weighted by molar-refractivity contribution is -0.113. The Labute approximate surface area is 116 Å². The van der Waals surface area contributed by atoms with Gasteiger partial charge >= 0.3 is 0 Å². The Balaban J connectivity index is 2.53. The number of nitrogens with zero attached hydrogens (tertiary/aromatic N) is 1. The highest BCUT2D eigenvalue weighted by Crippen LogP contribution is 2.35. The lowest BCUT2D eigenvalue weighted by atomic mass is 10.1. The van der Waals surface area contributed by atoms with Crippen molar-refractivity contribution in [3.05, 3.63) is 21.7 Å². The van der Waals surface area contributed by atoms with Gasteiger partial charge in [0.15, 0.2) is 5.13 Å². The molecule has 1 aromatic heterocycles. The van der Waals surface area contributed by atoms with Crippen molar-refractivity contribution in [1.82, 2.24) is 4.98 Å². The number of benzene rings is 1. The minimum absolute atomic E-state index is 0.0604. The van der Waals surface area contributed by atoms with E-state index in [1.807, 2.05) is 6.07 Å². The largest absolute Gasteiger partial charge is 0.301 e. The van der Waals surface area contributed by atoms with Gasteiger partial charge in [0.05, 0.1) is 10.2 Å². The number of halogens is 2. The van der Waals surface area contributed by atoms with Crippen molar-refractivity contribution in [1.29, 1.82) is 0 Å². The number of anilines is 1. The van der Waals surface area contributed by atoms with E-state index in [0.717, 1.165) is 14.7 Å². The lowest BCUT2D eigenvalue weighted by Crippen LogP contribution is -2.11. The van der Waals surface area contributed by atoms with Gasteiger partial charge in [0.1, 0.15) is 5.88 Å². The number of alkyl halides is 1. The van der Waals surface area contributed by atoms with Crippen molar-refractivity contribution in [3.63, 3.8) is 0 Å². The van der Waals surface area contributed by atoms with Crippen molar-refractivity contribution >= 4 is 60.1 Å². The standard InChI is InChI=1S/C11H10BrClN2OS/c1-5-3-7(12)9-10(6(5)2)17-11(15-9)14-8(16)4-13/h3H,4H2,1-2H3,(H,14,15,16). The van der Waals surface area contributed by atoms with Crippen LogP contribution in [-0.2, 0) is 4.79 Å². The van der Waals surface area contributed by atoms with Gasteiger partial charge in [-0.3, -0.25) is 4.79 Å². The Morgan fingerprint density at radius 1 is 1.59 bits per heavy atom. The zero-order chi connectivity index (χ0) is 12.6. The third-order valence-corrected chi connectivity index (χ3v) is 4.43. The minimum Gasteiger partial charge on any atom is -0.301 e. The number of hydrogen-bond acceptors (Lipinski definition) is 3. The van der Waals surface area contributed by atoms with E-state index in [2.05, 4.69) is 40.1 Å². The van der Waals surface area contributed by atoms with E-state index < -0.39 is 0 Å². The maximum Gasteiger partial charge on any atom is 0.241 e. The van der Waals surface area contributed by atoms with E-state index >= 15 is 0 Å². The van der Waals surface area contributed by atoms with Crippen molar-refractivity contribution in [3.8, 4) is 0 Å². The Morgan fingerprint density at radius 3 is 2.94 bits per heavy atom. The summed E-state index contributed by atoms with van der Waals surface area (Å²) in [6.45, 7) is 4.10. The first-order valence-corrected chi connectivity index (χ1v) is 7.09. The molecule has 3 nitrogen and oxygen atoms in total. The van der Waals surface area contributed by atoms with Crippen LogP contribution in [0.1, 0.15) is 11.1 Å². The molecule has 0 saturated heterocycles. The maximum atomic E-state index is 11.2. The van der Waals surface area contributed by atoms with Crippen LogP contribution < -0.4 is 5.32 Å². The first kappa shape index (κ1) is 12.8. The van der Waals surface area contributed by atoms with Gasteiger partial charge < -0.3 is 5.32 Å². The van der Waals surface area contributed by atoms with Crippen molar-refractivity contribution in [2.75, 3.05) is 11.2 Å². The number of aryl methyl sites for hydroxylation is 2. The van der Waals surface area contributed by atoms with E-state index in [1.165, 1.54) is 22.5 Å². The molecule has 17 heavy (non-hydrogen) atoms. The SMILES string of the molecule is Cc1cc(Br)c2nc(NC(=O)CCl)sc2c1C. The van der Waals surface area contributed by atoms with Crippen molar-refractivity contribution < 1.29 is 4.79 Å². The summed E-state index contributed by atoms with van der Waals surface area (Å²) >= 11 is 10.4. The van der Waals surface area contributed by atoms with Gasteiger partial charge in [0, 0.05) is 4.47 Å². The zero-order valence-electron chi connectivity index (χ0n) is 9.30. The van der Waals surface area contributed by atoms with Crippen LogP contribution in [0.15, 0.2) is 10.5 Å². The Hall–Kier alpha value is -0.650. The van der Waals surface area contributed by atoms with Crippen LogP contribution in [0.25, 0.3) is 10.2 Å². The highest BCUT2D eigenvalue weighted by molar-refractivity contribution is 9.10. The molecule has 0 aliphatic rings. The van der Waals surface area contributed by atoms with E-state index in [4.69, 9.17) is 11.6 Å². The van der Waals surface area contributed by atoms with E-state index in [9.17, 15) is 4.79 Å². The first-order valence-electron chi connectivity index (χ1n) is 4.95. The average molecular weight is 334 g/mol. The maximum absolute atomic E-state index is 11.2. The zero-order valence-corrected chi connectivity index (χ0v) is 12.5. The molecule has 0 atom stereocenters. The normalized spacial score (nSPS) is 10.8. The van der Waals surface area contributed by atoms with E-state index in [1.54, 1.807) is 0 Å². The van der Waals surface area contributed by atoms with Crippen LogP contribution >= 0.6 is 38.9 Å². The predicted octanol–water partition coefficient (Wildman–Crippen LogP) is 3.85. The third-order valence-electron chi connectivity index (χ3n) is 2.50. The van der Waals surface area contributed by atoms with Gasteiger partial charge in [-0.05, 0) is 47.0 Å². The molecule has 2 aromatic rings. The van der Waals surface area contributed by atoms with Gasteiger partial charge in [-0.1, -0.05) is 11.3 Å². The summed E-state index contributed by atoms with van der Waals surface area (Å²) in [4.78, 5) is 15.6. The highest BCUT2D eigenvalue weighted by Gasteiger charge is 2.12. The molecule has 0 radical (unpaired) electrons. The van der Waals surface area contributed by atoms with Gasteiger partial charge in [-0.15, -0.1) is 11.6 Å². The molecule has 1 heterocycles. The molecule has 2 rings (SSSR count). The molecule has 6 heteroatoms. The molecule has 0 spiro atoms. The fraction of sp³-hybridized carbons (Fsp3) is 0.273. The number of thiazole rings is 1. The third kappa shape index (κ3) is 2.46. The summed E-state index contributed by atoms with van der Waals surface area (Å²) < 4.78 is 2.03. The molecule has 90 valence electrons. The van der Waals surface area contributed by atoms with E-state index in [0.29, 0.717) is 5.13 Å². The highest BCUT2D eigenvalue weighted by atomic mass is 79.9. The fourth-order valence-electron chi connectivity index (χ4n) is 1.49. The molecule has 0 saturated carbocycles. The van der Waals surface area contributed by atoms with E-state index in [-0.39, 0.29) is 11.8 Å². The topological polar surface area (TPSA) is 42.0 Å². The van der Waals surface area contributed by atoms with Gasteiger partial charge in [0.2, 0.25) is 5.91 Å². The summed E-state index contributed by atoms with van der Waals surface area (Å²) in [5, 5.41) is 3.25. The Bertz CT molecular complexity index is 597. The van der Waals surface area contributed by atoms with Gasteiger partial charge in [0.25, 0.3) is 0 Å². The summed E-state index contributed by atoms with van der Waals surface area (Å²) in [6, 6.07) is 2.03. The molecule has 1 aromatic carbocycles. The van der Waals surface area contributed by atoms with Crippen LogP contribution in [0.2, 0.25) is 0 Å². The summed E-state index contributed by atoms with van der Waals surface area (Å²) in [5.74, 6) is -0.300. The number of nitrogens with one attached hydrogen (secondary N) is 1. The van der Waals surface area contributed by atoms with Gasteiger partial charge in [-0.2, -0.15) is 0 Å². The molecular weight excluding hydrogens is 324 g/mol. The molecule has 0 aliphatic carbocycles. The second-order valence-electron chi connectivity index (χ2n) is 3.68. The Kier molecular flexibility index (Phi) is 3.70. The quantitative estimate of drug-likeness (QED) is 0.848. The second kappa shape index (κ2) is 4.92. The molecule has 0 aliphatic heterocycles. The first-order chi connectivity index (χ1) is 8.02. The number of amides is 1. The lowest BCUT2D eigenvalue weighted by Gasteiger charge is -2.01. The monoisotopic (exact) mass is 332 g/mol. The number of fused-ring (bicyclic) bond motifs is 1. The number of carbonyl (C=O) groups is 1. The molecular formula is C11H10BrClN2OS. The fourth-order valence-corrected chi connectivity index (χ4v) is 3.38. The van der Waals surface area contributed by atoms with Crippen molar-refractivity contribution in [2.24, 2.45) is 0 Å². The number of carbonyl (C=O) groups excluding carboxylic acids is 1. The number of aromatic nitrogens is 1. The molecule has 1 N–H and O–H groups in total. The summed E-state index contributed by atoms with van der Waals surface area (Å²) in [5.41, 5.74) is 3.26. The van der Waals surface area contributed by atoms with Crippen LogP contribution in [0.4, 0.5) is 5.13 Å². The van der Waals surface area contributed by atoms with Crippen LogP contribution in [-0.4, -0.2) is 16.8 Å². The number of hydrogen-bond donors (Lipinski definition) is 1. The molecule has 0 bridgehead atoms. The van der Waals surface area contributed by atoms with Crippen LogP contribution in [0, 0.1) is 13.8 Å². The molecule has 1 amide bonds. The number of rotatable bonds is 2. The van der Waals surface area contributed by atoms with Gasteiger partial charge in [-0.25, -0.2) is 4.98 Å². The predicted molar refractivity (Wildman–Crippen MR) is 76.1 cm³/mol. The van der Waals surface area contributed by atoms with Crippen LogP contribution in [0.3, 0.4) is 0 Å². The molecule has 0 unspecified atom stereocenters. The minimum atomic E-state index is -0.240. The Morgan fingerprint density at radius 2 is 2.29 bits per heavy atom. The molecule has 0 fully saturated rings. The smallest absolute Gasteiger partial charge is 0.241 e. The average Bonchev–Trinajstić information content (AvgIpc) is 2.70.